The maximum atomic E-state index is 7.21. The monoisotopic (exact) mass is 768 g/mol. The van der Waals surface area contributed by atoms with Crippen molar-refractivity contribution in [3.05, 3.63) is 194 Å². The second-order valence-electron chi connectivity index (χ2n) is 15.8. The van der Waals surface area contributed by atoms with E-state index in [2.05, 4.69) is 212 Å². The van der Waals surface area contributed by atoms with Crippen LogP contribution >= 0.6 is 0 Å². The summed E-state index contributed by atoms with van der Waals surface area (Å²) >= 11 is 0. The summed E-state index contributed by atoms with van der Waals surface area (Å²) in [7, 11) is 0. The van der Waals surface area contributed by atoms with E-state index in [0.29, 0.717) is 11.4 Å². The molecule has 282 valence electrons. The Balaban J connectivity index is 0.991. The van der Waals surface area contributed by atoms with Gasteiger partial charge in [-0.25, -0.2) is 0 Å². The number of para-hydroxylation sites is 6. The lowest BCUT2D eigenvalue weighted by Crippen LogP contribution is -2.08. The van der Waals surface area contributed by atoms with Crippen LogP contribution in [0.1, 0.15) is 0 Å². The van der Waals surface area contributed by atoms with Crippen LogP contribution in [0.3, 0.4) is 0 Å². The molecule has 4 N–H and O–H groups in total. The van der Waals surface area contributed by atoms with E-state index in [1.54, 1.807) is 0 Å². The number of anilines is 2. The van der Waals surface area contributed by atoms with Crippen LogP contribution in [-0.2, 0) is 0 Å². The predicted molar refractivity (Wildman–Crippen MR) is 253 cm³/mol. The molecule has 0 spiro atoms. The van der Waals surface area contributed by atoms with E-state index in [9.17, 15) is 0 Å². The lowest BCUT2D eigenvalue weighted by molar-refractivity contribution is 1.14. The van der Waals surface area contributed by atoms with Gasteiger partial charge in [0, 0.05) is 54.5 Å². The Morgan fingerprint density at radius 3 is 0.800 bits per heavy atom. The van der Waals surface area contributed by atoms with Crippen LogP contribution in [-0.4, -0.2) is 18.3 Å². The SMILES string of the molecule is Nc1c(-n2c3ccccc3c3cc(-n4c5ccccc5c5ccccc54)ccc32)ccc(-n2c3ccccc3c3cc(-n4c5ccccc5c5ccccc54)ccc32)c1N. The second kappa shape index (κ2) is 12.1. The summed E-state index contributed by atoms with van der Waals surface area (Å²) in [6, 6.07) is 69.4. The number of hydrogen-bond acceptors (Lipinski definition) is 2. The van der Waals surface area contributed by atoms with E-state index in [4.69, 9.17) is 11.5 Å². The van der Waals surface area contributed by atoms with Gasteiger partial charge in [-0.15, -0.1) is 0 Å². The highest BCUT2D eigenvalue weighted by atomic mass is 15.0. The zero-order valence-corrected chi connectivity index (χ0v) is 32.4. The van der Waals surface area contributed by atoms with Gasteiger partial charge < -0.3 is 29.7 Å². The van der Waals surface area contributed by atoms with Gasteiger partial charge in [-0.05, 0) is 84.9 Å². The summed E-state index contributed by atoms with van der Waals surface area (Å²) < 4.78 is 9.27. The highest BCUT2D eigenvalue weighted by molar-refractivity contribution is 6.15. The second-order valence-corrected chi connectivity index (χ2v) is 15.8. The molecule has 0 saturated heterocycles. The average Bonchev–Trinajstić information content (AvgIpc) is 4.02. The minimum Gasteiger partial charge on any atom is -0.395 e. The van der Waals surface area contributed by atoms with Crippen LogP contribution in [0.15, 0.2) is 194 Å². The molecule has 0 bridgehead atoms. The quantitative estimate of drug-likeness (QED) is 0.175. The van der Waals surface area contributed by atoms with Gasteiger partial charge in [0.25, 0.3) is 0 Å². The molecule has 0 saturated carbocycles. The Kier molecular flexibility index (Phi) is 6.65. The van der Waals surface area contributed by atoms with Crippen LogP contribution in [0.4, 0.5) is 11.4 Å². The van der Waals surface area contributed by atoms with Crippen molar-refractivity contribution >= 4 is 98.6 Å². The first-order chi connectivity index (χ1) is 29.6. The molecule has 0 amide bonds. The summed E-state index contributed by atoms with van der Waals surface area (Å²) in [5, 5.41) is 9.56. The summed E-state index contributed by atoms with van der Waals surface area (Å²) in [5.74, 6) is 0. The van der Waals surface area contributed by atoms with E-state index in [-0.39, 0.29) is 0 Å². The van der Waals surface area contributed by atoms with Crippen molar-refractivity contribution in [1.29, 1.82) is 0 Å². The molecule has 4 heterocycles. The number of nitrogens with two attached hydrogens (primary N) is 2. The molecule has 13 rings (SSSR count). The third kappa shape index (κ3) is 4.36. The third-order valence-electron chi connectivity index (χ3n) is 12.7. The highest BCUT2D eigenvalue weighted by Gasteiger charge is 2.22. The van der Waals surface area contributed by atoms with Crippen LogP contribution < -0.4 is 11.5 Å². The van der Waals surface area contributed by atoms with Gasteiger partial charge in [-0.2, -0.15) is 0 Å². The summed E-state index contributed by atoms with van der Waals surface area (Å²) in [4.78, 5) is 0. The molecule has 6 nitrogen and oxygen atoms in total. The maximum absolute atomic E-state index is 7.21. The first-order valence-corrected chi connectivity index (χ1v) is 20.4. The fourth-order valence-corrected chi connectivity index (χ4v) is 10.1. The number of hydrogen-bond donors (Lipinski definition) is 2. The Morgan fingerprint density at radius 1 is 0.233 bits per heavy atom. The molecule has 6 heteroatoms. The molecule has 0 aliphatic heterocycles. The molecule has 0 aliphatic carbocycles. The molecule has 60 heavy (non-hydrogen) atoms. The Morgan fingerprint density at radius 2 is 0.483 bits per heavy atom. The Hall–Kier alpha value is -8.22. The maximum Gasteiger partial charge on any atom is 0.0814 e. The van der Waals surface area contributed by atoms with E-state index >= 15 is 0 Å². The van der Waals surface area contributed by atoms with Crippen LogP contribution in [0.2, 0.25) is 0 Å². The molecule has 13 aromatic rings. The number of aromatic nitrogens is 4. The smallest absolute Gasteiger partial charge is 0.0814 e. The van der Waals surface area contributed by atoms with Crippen molar-refractivity contribution in [3.8, 4) is 22.7 Å². The van der Waals surface area contributed by atoms with Gasteiger partial charge >= 0.3 is 0 Å². The van der Waals surface area contributed by atoms with Crippen molar-refractivity contribution < 1.29 is 0 Å². The molecule has 4 aromatic heterocycles. The van der Waals surface area contributed by atoms with Gasteiger partial charge in [0.05, 0.1) is 66.9 Å². The Labute approximate surface area is 343 Å². The molecular weight excluding hydrogens is 733 g/mol. The van der Waals surface area contributed by atoms with Gasteiger partial charge in [-0.3, -0.25) is 0 Å². The first-order valence-electron chi connectivity index (χ1n) is 20.4. The van der Waals surface area contributed by atoms with Crippen molar-refractivity contribution in [3.63, 3.8) is 0 Å². The van der Waals surface area contributed by atoms with E-state index in [1.165, 1.54) is 43.6 Å². The number of benzene rings is 9. The number of rotatable bonds is 4. The van der Waals surface area contributed by atoms with E-state index in [1.807, 2.05) is 0 Å². The fourth-order valence-electron chi connectivity index (χ4n) is 10.1. The molecule has 0 unspecified atom stereocenters. The van der Waals surface area contributed by atoms with Crippen LogP contribution in [0.25, 0.3) is 110 Å². The van der Waals surface area contributed by atoms with E-state index < -0.39 is 0 Å². The highest BCUT2D eigenvalue weighted by Crippen LogP contribution is 2.42. The predicted octanol–water partition coefficient (Wildman–Crippen LogP) is 13.2. The number of nitrogens with zero attached hydrogens (tertiary/aromatic N) is 4. The zero-order chi connectivity index (χ0) is 39.6. The molecule has 0 aliphatic rings. The third-order valence-corrected chi connectivity index (χ3v) is 12.7. The van der Waals surface area contributed by atoms with Gasteiger partial charge in [0.1, 0.15) is 0 Å². The summed E-state index contributed by atoms with van der Waals surface area (Å²) in [6.07, 6.45) is 0. The largest absolute Gasteiger partial charge is 0.395 e. The first kappa shape index (κ1) is 32.8. The minimum absolute atomic E-state index is 0.537. The van der Waals surface area contributed by atoms with Crippen molar-refractivity contribution in [2.24, 2.45) is 0 Å². The lowest BCUT2D eigenvalue weighted by Gasteiger charge is -2.18. The van der Waals surface area contributed by atoms with Crippen molar-refractivity contribution in [1.82, 2.24) is 18.3 Å². The van der Waals surface area contributed by atoms with E-state index in [0.717, 1.165) is 66.4 Å². The zero-order valence-electron chi connectivity index (χ0n) is 32.4. The molecule has 0 atom stereocenters. The molecule has 0 radical (unpaired) electrons. The molecule has 9 aromatic carbocycles. The molecular formula is C54H36N6. The van der Waals surface area contributed by atoms with Crippen LogP contribution in [0, 0.1) is 0 Å². The standard InChI is InChI=1S/C54H36N6/c55-53-51(59-47-23-11-5-17-39(47)41-31-33(25-27-49(41)59)57-43-19-7-1-13-35(43)36-14-2-8-20-44(36)57)29-30-52(54(53)56)60-48-24-12-6-18-40(48)42-32-34(26-28-50(42)60)58-45-21-9-3-15-37(45)38-16-4-10-22-46(38)58/h1-32H,55-56H2. The lowest BCUT2D eigenvalue weighted by atomic mass is 10.1. The normalized spacial score (nSPS) is 12.1. The summed E-state index contributed by atoms with van der Waals surface area (Å²) in [5.41, 5.74) is 28.4. The number of fused-ring (bicyclic) bond motifs is 12. The summed E-state index contributed by atoms with van der Waals surface area (Å²) in [6.45, 7) is 0. The molecule has 0 fully saturated rings. The van der Waals surface area contributed by atoms with Crippen molar-refractivity contribution in [2.75, 3.05) is 11.5 Å². The van der Waals surface area contributed by atoms with Gasteiger partial charge in [0.2, 0.25) is 0 Å². The van der Waals surface area contributed by atoms with Gasteiger partial charge in [-0.1, -0.05) is 109 Å². The van der Waals surface area contributed by atoms with Crippen molar-refractivity contribution in [2.45, 2.75) is 0 Å². The number of nitrogen functional groups attached to an aromatic ring is 2. The topological polar surface area (TPSA) is 71.8 Å². The fraction of sp³-hybridized carbons (Fsp3) is 0. The van der Waals surface area contributed by atoms with Gasteiger partial charge in [0.15, 0.2) is 0 Å². The van der Waals surface area contributed by atoms with Crippen LogP contribution in [0.5, 0.6) is 0 Å². The average molecular weight is 769 g/mol. The Bertz CT molecular complexity index is 3570. The minimum atomic E-state index is 0.537.